The first-order valence-corrected chi connectivity index (χ1v) is 9.42. The van der Waals surface area contributed by atoms with E-state index in [4.69, 9.17) is 4.98 Å². The van der Waals surface area contributed by atoms with Crippen molar-refractivity contribution in [2.24, 2.45) is 0 Å². The molecule has 0 unspecified atom stereocenters. The first kappa shape index (κ1) is 16.5. The van der Waals surface area contributed by atoms with E-state index in [-0.39, 0.29) is 18.8 Å². The smallest absolute Gasteiger partial charge is 0.245 e. The summed E-state index contributed by atoms with van der Waals surface area (Å²) in [5.41, 5.74) is 0.868. The maximum atomic E-state index is 9.63. The van der Waals surface area contributed by atoms with Crippen LogP contribution in [0.3, 0.4) is 0 Å². The zero-order valence-electron chi connectivity index (χ0n) is 14.9. The number of aromatic nitrogens is 5. The number of imidazole rings is 1. The lowest BCUT2D eigenvalue weighted by Crippen LogP contribution is -2.34. The molecule has 3 aromatic heterocycles. The molecule has 3 N–H and O–H groups in total. The van der Waals surface area contributed by atoms with E-state index < -0.39 is 0 Å². The van der Waals surface area contributed by atoms with Gasteiger partial charge in [-0.25, -0.2) is 9.50 Å². The summed E-state index contributed by atoms with van der Waals surface area (Å²) >= 11 is 0. The summed E-state index contributed by atoms with van der Waals surface area (Å²) < 4.78 is 3.84. The Hall–Kier alpha value is -2.65. The molecule has 142 valence electrons. The fourth-order valence-electron chi connectivity index (χ4n) is 3.95. The summed E-state index contributed by atoms with van der Waals surface area (Å²) in [5.74, 6) is 2.01. The minimum absolute atomic E-state index is 0.0649. The van der Waals surface area contributed by atoms with Crippen molar-refractivity contribution in [3.8, 4) is 0 Å². The highest BCUT2D eigenvalue weighted by Gasteiger charge is 2.29. The Bertz CT molecular complexity index is 946. The highest BCUT2D eigenvalue weighted by molar-refractivity contribution is 5.73. The normalized spacial score (nSPS) is 25.1. The van der Waals surface area contributed by atoms with Gasteiger partial charge in [0.15, 0.2) is 5.82 Å². The topological polar surface area (TPSA) is 104 Å². The highest BCUT2D eigenvalue weighted by atomic mass is 16.3. The Balaban J connectivity index is 1.45. The number of nitrogens with one attached hydrogen (secondary N) is 1. The van der Waals surface area contributed by atoms with Crippen LogP contribution in [0.4, 0.5) is 17.6 Å². The number of hydrogen-bond acceptors (Lipinski definition) is 7. The fraction of sp³-hybridized carbons (Fsp3) is 0.500. The van der Waals surface area contributed by atoms with Crippen molar-refractivity contribution in [1.82, 2.24) is 24.1 Å². The predicted molar refractivity (Wildman–Crippen MR) is 100 cm³/mol. The van der Waals surface area contributed by atoms with Gasteiger partial charge in [0, 0.05) is 25.0 Å². The number of anilines is 3. The van der Waals surface area contributed by atoms with Crippen LogP contribution in [0, 0.1) is 0 Å². The predicted octanol–water partition coefficient (Wildman–Crippen LogP) is 1.33. The second kappa shape index (κ2) is 6.50. The molecular weight excluding hydrogens is 346 g/mol. The van der Waals surface area contributed by atoms with E-state index in [0.717, 1.165) is 37.7 Å². The van der Waals surface area contributed by atoms with Crippen molar-refractivity contribution in [1.29, 1.82) is 0 Å². The van der Waals surface area contributed by atoms with E-state index in [1.807, 2.05) is 29.1 Å². The number of aliphatic hydroxyl groups is 2. The molecule has 1 aliphatic heterocycles. The molecule has 3 aromatic rings. The molecule has 0 aromatic carbocycles. The van der Waals surface area contributed by atoms with E-state index in [2.05, 4.69) is 20.3 Å². The Kier molecular flexibility index (Phi) is 3.98. The van der Waals surface area contributed by atoms with Crippen LogP contribution in [-0.4, -0.2) is 59.7 Å². The van der Waals surface area contributed by atoms with Crippen LogP contribution in [-0.2, 0) is 0 Å². The Morgan fingerprint density at radius 1 is 1.30 bits per heavy atom. The van der Waals surface area contributed by atoms with Gasteiger partial charge in [-0.2, -0.15) is 4.98 Å². The van der Waals surface area contributed by atoms with Crippen LogP contribution in [0.2, 0.25) is 0 Å². The van der Waals surface area contributed by atoms with Gasteiger partial charge in [-0.1, -0.05) is 0 Å². The third kappa shape index (κ3) is 2.92. The second-order valence-electron chi connectivity index (χ2n) is 7.38. The maximum absolute atomic E-state index is 9.63. The molecule has 1 atom stereocenters. The van der Waals surface area contributed by atoms with Crippen molar-refractivity contribution in [2.75, 3.05) is 23.4 Å². The Labute approximate surface area is 156 Å². The molecule has 1 saturated heterocycles. The molecular formula is C18H23N7O2. The summed E-state index contributed by atoms with van der Waals surface area (Å²) in [4.78, 5) is 11.2. The number of fused-ring (bicyclic) bond motifs is 1. The van der Waals surface area contributed by atoms with Crippen molar-refractivity contribution in [3.63, 3.8) is 0 Å². The number of aliphatic hydroxyl groups excluding tert-OH is 2. The van der Waals surface area contributed by atoms with Crippen LogP contribution in [0.15, 0.2) is 30.9 Å². The average Bonchev–Trinajstić information content (AvgIpc) is 3.38. The lowest BCUT2D eigenvalue weighted by Gasteiger charge is -2.32. The van der Waals surface area contributed by atoms with Gasteiger partial charge < -0.3 is 25.0 Å². The van der Waals surface area contributed by atoms with E-state index >= 15 is 0 Å². The molecule has 1 saturated carbocycles. The van der Waals surface area contributed by atoms with E-state index in [1.165, 1.54) is 0 Å². The number of rotatable bonds is 5. The summed E-state index contributed by atoms with van der Waals surface area (Å²) in [7, 11) is 0. The first-order chi connectivity index (χ1) is 13.2. The van der Waals surface area contributed by atoms with Crippen molar-refractivity contribution < 1.29 is 10.2 Å². The van der Waals surface area contributed by atoms with Crippen molar-refractivity contribution in [3.05, 3.63) is 30.9 Å². The quantitative estimate of drug-likeness (QED) is 0.623. The summed E-state index contributed by atoms with van der Waals surface area (Å²) in [6, 6.07) is 4.27. The van der Waals surface area contributed by atoms with Gasteiger partial charge >= 0.3 is 0 Å². The highest BCUT2D eigenvalue weighted by Crippen LogP contribution is 2.33. The first-order valence-electron chi connectivity index (χ1n) is 9.42. The van der Waals surface area contributed by atoms with Crippen LogP contribution in [0.1, 0.15) is 31.7 Å². The van der Waals surface area contributed by atoms with Crippen LogP contribution in [0.5, 0.6) is 0 Å². The summed E-state index contributed by atoms with van der Waals surface area (Å²) in [5, 5.41) is 27.0. The molecule has 9 nitrogen and oxygen atoms in total. The standard InChI is InChI=1S/C18H23N7O2/c26-10-12-3-1-5-24(12)18-21-17(15-4-2-6-25(15)22-18)20-16-9-23(11-19-16)13-7-14(27)8-13/h2,4,6,9,11-14,26-27H,1,3,5,7-8,10H2,(H,20,21,22)/t12-,13-,14-/m0/s1. The number of nitrogens with zero attached hydrogens (tertiary/aromatic N) is 6. The third-order valence-electron chi connectivity index (χ3n) is 5.58. The molecule has 0 amide bonds. The van der Waals surface area contributed by atoms with E-state index in [9.17, 15) is 10.2 Å². The summed E-state index contributed by atoms with van der Waals surface area (Å²) in [6.45, 7) is 0.948. The molecule has 4 heterocycles. The van der Waals surface area contributed by atoms with Gasteiger partial charge in [0.2, 0.25) is 5.95 Å². The Morgan fingerprint density at radius 2 is 2.19 bits per heavy atom. The van der Waals surface area contributed by atoms with Crippen LogP contribution >= 0.6 is 0 Å². The molecule has 0 bridgehead atoms. The summed E-state index contributed by atoms with van der Waals surface area (Å²) in [6.07, 6.45) is 8.95. The van der Waals surface area contributed by atoms with Gasteiger partial charge in [0.1, 0.15) is 11.3 Å². The van der Waals surface area contributed by atoms with Crippen molar-refractivity contribution in [2.45, 2.75) is 43.9 Å². The lowest BCUT2D eigenvalue weighted by atomic mass is 9.89. The molecule has 2 fully saturated rings. The molecule has 2 aliphatic rings. The zero-order chi connectivity index (χ0) is 18.4. The van der Waals surface area contributed by atoms with Gasteiger partial charge in [0.05, 0.1) is 25.1 Å². The lowest BCUT2D eigenvalue weighted by molar-refractivity contribution is 0.0485. The van der Waals surface area contributed by atoms with Crippen LogP contribution < -0.4 is 10.2 Å². The largest absolute Gasteiger partial charge is 0.394 e. The maximum Gasteiger partial charge on any atom is 0.245 e. The van der Waals surface area contributed by atoms with E-state index in [0.29, 0.717) is 23.6 Å². The van der Waals surface area contributed by atoms with E-state index in [1.54, 1.807) is 10.8 Å². The molecule has 1 aliphatic carbocycles. The van der Waals surface area contributed by atoms with Crippen LogP contribution in [0.25, 0.3) is 5.52 Å². The number of hydrogen-bond donors (Lipinski definition) is 3. The monoisotopic (exact) mass is 369 g/mol. The fourth-order valence-corrected chi connectivity index (χ4v) is 3.95. The van der Waals surface area contributed by atoms with Crippen molar-refractivity contribution >= 4 is 23.1 Å². The molecule has 0 spiro atoms. The van der Waals surface area contributed by atoms with Gasteiger partial charge in [-0.15, -0.1) is 5.10 Å². The van der Waals surface area contributed by atoms with Gasteiger partial charge in [-0.05, 0) is 37.8 Å². The molecule has 27 heavy (non-hydrogen) atoms. The second-order valence-corrected chi connectivity index (χ2v) is 7.38. The van der Waals surface area contributed by atoms with Gasteiger partial charge in [-0.3, -0.25) is 0 Å². The third-order valence-corrected chi connectivity index (χ3v) is 5.58. The Morgan fingerprint density at radius 3 is 3.00 bits per heavy atom. The SMILES string of the molecule is OC[C@@H]1CCCN1c1nc(Nc2cn([C@H]3C[C@H](O)C3)cn2)c2cccn2n1. The minimum atomic E-state index is -0.196. The molecule has 5 rings (SSSR count). The zero-order valence-corrected chi connectivity index (χ0v) is 14.9. The minimum Gasteiger partial charge on any atom is -0.394 e. The van der Waals surface area contributed by atoms with Gasteiger partial charge in [0.25, 0.3) is 0 Å². The molecule has 9 heteroatoms. The average molecular weight is 369 g/mol. The molecule has 0 radical (unpaired) electrons.